The summed E-state index contributed by atoms with van der Waals surface area (Å²) in [6.07, 6.45) is 0. The van der Waals surface area contributed by atoms with Crippen molar-refractivity contribution in [2.24, 2.45) is 0 Å². The van der Waals surface area contributed by atoms with Crippen molar-refractivity contribution in [1.82, 2.24) is 0 Å². The number of nitrogens with one attached hydrogen (secondary N) is 1. The molecule has 0 saturated carbocycles. The summed E-state index contributed by atoms with van der Waals surface area (Å²) >= 11 is 0. The Kier molecular flexibility index (Phi) is 7.13. The van der Waals surface area contributed by atoms with Crippen molar-refractivity contribution in [3.63, 3.8) is 0 Å². The Morgan fingerprint density at radius 1 is 1.00 bits per heavy atom. The lowest BCUT2D eigenvalue weighted by atomic mass is 10.2. The third-order valence-electron chi connectivity index (χ3n) is 4.65. The van der Waals surface area contributed by atoms with Gasteiger partial charge in [0.15, 0.2) is 0 Å². The van der Waals surface area contributed by atoms with E-state index in [0.717, 1.165) is 10.4 Å². The number of non-ortho nitro benzene ring substituents is 1. The standard InChI is InChI=1S/C22H21N3O7S/c1-31-18-11-8-16(9-12-18)24(33(29,30)19-6-4-3-5-7-19)15-22(26)23-20-14-17(25(27)28)10-13-21(20)32-2/h3-14H,15H2,1-2H3,(H,23,26). The summed E-state index contributed by atoms with van der Waals surface area (Å²) < 4.78 is 37.9. The van der Waals surface area contributed by atoms with E-state index in [9.17, 15) is 23.3 Å². The summed E-state index contributed by atoms with van der Waals surface area (Å²) in [7, 11) is -1.28. The smallest absolute Gasteiger partial charge is 0.271 e. The number of nitro groups is 1. The van der Waals surface area contributed by atoms with E-state index in [1.165, 1.54) is 50.6 Å². The van der Waals surface area contributed by atoms with Gasteiger partial charge < -0.3 is 14.8 Å². The summed E-state index contributed by atoms with van der Waals surface area (Å²) in [6.45, 7) is -0.588. The first kappa shape index (κ1) is 23.5. The summed E-state index contributed by atoms with van der Waals surface area (Å²) in [5, 5.41) is 13.6. The van der Waals surface area contributed by atoms with Crippen LogP contribution in [0.1, 0.15) is 0 Å². The quantitative estimate of drug-likeness (QED) is 0.374. The zero-order chi connectivity index (χ0) is 24.0. The molecular formula is C22H21N3O7S. The van der Waals surface area contributed by atoms with E-state index in [4.69, 9.17) is 9.47 Å². The van der Waals surface area contributed by atoms with Crippen LogP contribution in [0.4, 0.5) is 17.1 Å². The molecule has 0 aromatic heterocycles. The Morgan fingerprint density at radius 3 is 2.24 bits per heavy atom. The molecule has 172 valence electrons. The molecule has 1 amide bonds. The van der Waals surface area contributed by atoms with E-state index in [1.807, 2.05) is 0 Å². The molecular weight excluding hydrogens is 450 g/mol. The van der Waals surface area contributed by atoms with Crippen LogP contribution in [0.2, 0.25) is 0 Å². The minimum atomic E-state index is -4.11. The Hall–Kier alpha value is -4.12. The maximum atomic E-state index is 13.3. The lowest BCUT2D eigenvalue weighted by Crippen LogP contribution is -2.38. The number of ether oxygens (including phenoxy) is 2. The molecule has 0 heterocycles. The number of nitro benzene ring substituents is 1. The molecule has 0 spiro atoms. The highest BCUT2D eigenvalue weighted by atomic mass is 32.2. The fraction of sp³-hybridized carbons (Fsp3) is 0.136. The number of anilines is 2. The Balaban J connectivity index is 1.96. The maximum Gasteiger partial charge on any atom is 0.271 e. The van der Waals surface area contributed by atoms with Crippen LogP contribution in [-0.4, -0.2) is 40.0 Å². The van der Waals surface area contributed by atoms with Gasteiger partial charge in [-0.3, -0.25) is 19.2 Å². The number of benzene rings is 3. The van der Waals surface area contributed by atoms with Crippen LogP contribution in [-0.2, 0) is 14.8 Å². The molecule has 11 heteroatoms. The van der Waals surface area contributed by atoms with Gasteiger partial charge in [0.25, 0.3) is 15.7 Å². The van der Waals surface area contributed by atoms with Crippen molar-refractivity contribution in [3.8, 4) is 11.5 Å². The molecule has 3 aromatic rings. The molecule has 0 saturated heterocycles. The molecule has 0 unspecified atom stereocenters. The zero-order valence-electron chi connectivity index (χ0n) is 17.8. The van der Waals surface area contributed by atoms with Crippen LogP contribution in [0.5, 0.6) is 11.5 Å². The average Bonchev–Trinajstić information content (AvgIpc) is 2.83. The molecule has 0 fully saturated rings. The van der Waals surface area contributed by atoms with Crippen molar-refractivity contribution in [2.75, 3.05) is 30.4 Å². The third-order valence-corrected chi connectivity index (χ3v) is 6.43. The first-order valence-corrected chi connectivity index (χ1v) is 11.0. The van der Waals surface area contributed by atoms with Crippen LogP contribution in [0, 0.1) is 10.1 Å². The van der Waals surface area contributed by atoms with Crippen molar-refractivity contribution < 1.29 is 27.6 Å². The van der Waals surface area contributed by atoms with Crippen LogP contribution < -0.4 is 19.1 Å². The summed E-state index contributed by atoms with van der Waals surface area (Å²) in [5.74, 6) is -0.0124. The van der Waals surface area contributed by atoms with Gasteiger partial charge in [-0.15, -0.1) is 0 Å². The number of carbonyl (C=O) groups is 1. The Bertz CT molecular complexity index is 1250. The van der Waals surface area contributed by atoms with E-state index < -0.39 is 27.4 Å². The van der Waals surface area contributed by atoms with Gasteiger partial charge in [-0.25, -0.2) is 8.42 Å². The predicted molar refractivity (Wildman–Crippen MR) is 122 cm³/mol. The summed E-state index contributed by atoms with van der Waals surface area (Å²) in [4.78, 5) is 23.4. The molecule has 10 nitrogen and oxygen atoms in total. The molecule has 0 aliphatic heterocycles. The third kappa shape index (κ3) is 5.39. The monoisotopic (exact) mass is 471 g/mol. The van der Waals surface area contributed by atoms with E-state index in [2.05, 4.69) is 5.32 Å². The van der Waals surface area contributed by atoms with Gasteiger partial charge >= 0.3 is 0 Å². The van der Waals surface area contributed by atoms with Gasteiger partial charge in [0.1, 0.15) is 18.0 Å². The van der Waals surface area contributed by atoms with Crippen molar-refractivity contribution >= 4 is 33.0 Å². The van der Waals surface area contributed by atoms with Gasteiger partial charge in [0.05, 0.1) is 35.4 Å². The Labute approximate surface area is 190 Å². The molecule has 0 atom stereocenters. The highest BCUT2D eigenvalue weighted by Crippen LogP contribution is 2.30. The number of hydrogen-bond acceptors (Lipinski definition) is 7. The first-order valence-electron chi connectivity index (χ1n) is 9.60. The van der Waals surface area contributed by atoms with Gasteiger partial charge in [0, 0.05) is 12.1 Å². The van der Waals surface area contributed by atoms with Gasteiger partial charge in [-0.1, -0.05) is 18.2 Å². The van der Waals surface area contributed by atoms with Gasteiger partial charge in [-0.2, -0.15) is 0 Å². The first-order chi connectivity index (χ1) is 15.8. The van der Waals surface area contributed by atoms with Crippen LogP contribution in [0.15, 0.2) is 77.7 Å². The highest BCUT2D eigenvalue weighted by Gasteiger charge is 2.27. The van der Waals surface area contributed by atoms with Gasteiger partial charge in [-0.05, 0) is 42.5 Å². The van der Waals surface area contributed by atoms with E-state index in [-0.39, 0.29) is 27.7 Å². The lowest BCUT2D eigenvalue weighted by molar-refractivity contribution is -0.384. The number of sulfonamides is 1. The lowest BCUT2D eigenvalue weighted by Gasteiger charge is -2.24. The number of nitrogens with zero attached hydrogens (tertiary/aromatic N) is 2. The number of amides is 1. The minimum Gasteiger partial charge on any atom is -0.497 e. The van der Waals surface area contributed by atoms with Crippen LogP contribution in [0.25, 0.3) is 0 Å². The van der Waals surface area contributed by atoms with Gasteiger partial charge in [0.2, 0.25) is 5.91 Å². The second-order valence-corrected chi connectivity index (χ2v) is 8.57. The SMILES string of the molecule is COc1ccc(N(CC(=O)Nc2cc([N+](=O)[O-])ccc2OC)S(=O)(=O)c2ccccc2)cc1. The van der Waals surface area contributed by atoms with E-state index in [0.29, 0.717) is 5.75 Å². The van der Waals surface area contributed by atoms with Crippen molar-refractivity contribution in [1.29, 1.82) is 0 Å². The summed E-state index contributed by atoms with van der Waals surface area (Å²) in [5.41, 5.74) is 0.0271. The summed E-state index contributed by atoms with van der Waals surface area (Å²) in [6, 6.07) is 17.6. The largest absolute Gasteiger partial charge is 0.497 e. The number of methoxy groups -OCH3 is 2. The molecule has 3 aromatic carbocycles. The molecule has 0 aliphatic rings. The molecule has 1 N–H and O–H groups in total. The maximum absolute atomic E-state index is 13.3. The van der Waals surface area contributed by atoms with E-state index in [1.54, 1.807) is 30.3 Å². The average molecular weight is 471 g/mol. The van der Waals surface area contributed by atoms with Crippen LogP contribution in [0.3, 0.4) is 0 Å². The number of rotatable bonds is 9. The minimum absolute atomic E-state index is 0.00143. The van der Waals surface area contributed by atoms with Crippen LogP contribution >= 0.6 is 0 Å². The molecule has 0 aliphatic carbocycles. The number of hydrogen-bond donors (Lipinski definition) is 1. The van der Waals surface area contributed by atoms with Crippen molar-refractivity contribution in [2.45, 2.75) is 4.90 Å². The molecule has 3 rings (SSSR count). The van der Waals surface area contributed by atoms with Crippen molar-refractivity contribution in [3.05, 3.63) is 82.9 Å². The normalized spacial score (nSPS) is 10.8. The topological polar surface area (TPSA) is 128 Å². The zero-order valence-corrected chi connectivity index (χ0v) is 18.6. The van der Waals surface area contributed by atoms with E-state index >= 15 is 0 Å². The Morgan fingerprint density at radius 2 is 1.67 bits per heavy atom. The fourth-order valence-electron chi connectivity index (χ4n) is 3.01. The molecule has 33 heavy (non-hydrogen) atoms. The molecule has 0 radical (unpaired) electrons. The number of carbonyl (C=O) groups excluding carboxylic acids is 1. The predicted octanol–water partition coefficient (Wildman–Crippen LogP) is 3.45. The second-order valence-electron chi connectivity index (χ2n) is 6.71. The highest BCUT2D eigenvalue weighted by molar-refractivity contribution is 7.92. The second kappa shape index (κ2) is 10.0. The molecule has 0 bridgehead atoms. The fourth-order valence-corrected chi connectivity index (χ4v) is 4.45.